The Morgan fingerprint density at radius 3 is 2.33 bits per heavy atom. The molecular weight excluding hydrogens is 238 g/mol. The van der Waals surface area contributed by atoms with Crippen LogP contribution in [0.2, 0.25) is 0 Å². The third-order valence-corrected chi connectivity index (χ3v) is 2.11. The molecule has 0 aliphatic rings. The van der Waals surface area contributed by atoms with Gasteiger partial charge in [-0.15, -0.1) is 0 Å². The van der Waals surface area contributed by atoms with Crippen LogP contribution in [0.3, 0.4) is 0 Å². The minimum absolute atomic E-state index is 0.154. The van der Waals surface area contributed by atoms with Crippen LogP contribution < -0.4 is 0 Å². The highest BCUT2D eigenvalue weighted by atomic mass is 16.5. The molecule has 6 heteroatoms. The number of carboxylic acid groups (broad SMARTS) is 1. The fraction of sp³-hybridized carbons (Fsp3) is 0.833. The Balaban J connectivity index is 4.22. The first-order valence-electron chi connectivity index (χ1n) is 6.04. The van der Waals surface area contributed by atoms with Crippen LogP contribution in [0.25, 0.3) is 0 Å². The molecule has 0 radical (unpaired) electrons. The molecule has 1 atom stereocenters. The summed E-state index contributed by atoms with van der Waals surface area (Å²) in [5.74, 6) is -1.38. The second kappa shape index (κ2) is 8.05. The average molecular weight is 262 g/mol. The van der Waals surface area contributed by atoms with Gasteiger partial charge in [-0.2, -0.15) is 0 Å². The molecule has 0 aromatic heterocycles. The van der Waals surface area contributed by atoms with E-state index in [9.17, 15) is 9.59 Å². The molecule has 0 spiro atoms. The number of likely N-dealkylation sites (N-methyl/N-ethyl adjacent to an activating group) is 1. The molecule has 0 fully saturated rings. The molecule has 0 bridgehead atoms. The second-order valence-electron chi connectivity index (χ2n) is 5.13. The third-order valence-electron chi connectivity index (χ3n) is 2.11. The molecule has 0 saturated heterocycles. The zero-order valence-electron chi connectivity index (χ0n) is 11.6. The van der Waals surface area contributed by atoms with Gasteiger partial charge >= 0.3 is 11.9 Å². The molecule has 1 N–H and O–H groups in total. The van der Waals surface area contributed by atoms with Gasteiger partial charge in [-0.1, -0.05) is 0 Å². The molecule has 0 aromatic rings. The Morgan fingerprint density at radius 1 is 1.28 bits per heavy atom. The van der Waals surface area contributed by atoms with Gasteiger partial charge in [-0.25, -0.2) is 0 Å². The number of quaternary nitrogens is 1. The number of hydrogen-bond acceptors (Lipinski definition) is 4. The Morgan fingerprint density at radius 2 is 1.89 bits per heavy atom. The largest absolute Gasteiger partial charge is 0.481 e. The highest BCUT2D eigenvalue weighted by molar-refractivity contribution is 5.71. The van der Waals surface area contributed by atoms with Crippen molar-refractivity contribution in [2.24, 2.45) is 0 Å². The molecule has 0 aromatic carbocycles. The van der Waals surface area contributed by atoms with E-state index in [1.165, 1.54) is 0 Å². The lowest BCUT2D eigenvalue weighted by Gasteiger charge is -2.28. The Kier molecular flexibility index (Phi) is 7.54. The molecule has 0 rings (SSSR count). The molecule has 0 aliphatic heterocycles. The van der Waals surface area contributed by atoms with Gasteiger partial charge in [0.25, 0.3) is 0 Å². The predicted octanol–water partition coefficient (Wildman–Crippen LogP) is 0.506. The summed E-state index contributed by atoms with van der Waals surface area (Å²) in [6, 6.07) is 0. The average Bonchev–Trinajstić information content (AvgIpc) is 2.13. The van der Waals surface area contributed by atoms with Crippen LogP contribution in [-0.2, 0) is 19.1 Å². The highest BCUT2D eigenvalue weighted by Gasteiger charge is 2.24. The van der Waals surface area contributed by atoms with E-state index in [0.717, 1.165) is 0 Å². The minimum Gasteiger partial charge on any atom is -0.481 e. The second-order valence-corrected chi connectivity index (χ2v) is 5.13. The van der Waals surface area contributed by atoms with E-state index >= 15 is 0 Å². The van der Waals surface area contributed by atoms with Crippen LogP contribution in [0.4, 0.5) is 0 Å². The number of aliphatic carboxylic acids is 1. The van der Waals surface area contributed by atoms with E-state index in [1.54, 1.807) is 0 Å². The maximum atomic E-state index is 11.5. The number of ether oxygens (including phenoxy) is 2. The maximum absolute atomic E-state index is 11.5. The summed E-state index contributed by atoms with van der Waals surface area (Å²) < 4.78 is 10.8. The number of carbonyl (C=O) groups excluding carboxylic acids is 1. The molecule has 106 valence electrons. The topological polar surface area (TPSA) is 72.8 Å². The lowest BCUT2D eigenvalue weighted by Crippen LogP contribution is -2.43. The summed E-state index contributed by atoms with van der Waals surface area (Å²) in [5.41, 5.74) is 0. The number of carboxylic acids is 1. The van der Waals surface area contributed by atoms with Gasteiger partial charge in [0.15, 0.2) is 6.10 Å². The van der Waals surface area contributed by atoms with Crippen LogP contribution in [0.5, 0.6) is 0 Å². The SMILES string of the molecule is CCOCCC(=O)OC(CC(=O)O)C[N+](C)(C)C. The van der Waals surface area contributed by atoms with Crippen LogP contribution in [-0.4, -0.2) is 68.5 Å². The summed E-state index contributed by atoms with van der Waals surface area (Å²) >= 11 is 0. The zero-order valence-corrected chi connectivity index (χ0v) is 11.6. The van der Waals surface area contributed by atoms with Gasteiger partial charge in [0.2, 0.25) is 0 Å². The van der Waals surface area contributed by atoms with Crippen molar-refractivity contribution in [1.29, 1.82) is 0 Å². The number of esters is 1. The third kappa shape index (κ3) is 10.0. The van der Waals surface area contributed by atoms with Gasteiger partial charge in [-0.3, -0.25) is 9.59 Å². The number of carbonyl (C=O) groups is 2. The summed E-state index contributed by atoms with van der Waals surface area (Å²) in [5, 5.41) is 8.78. The van der Waals surface area contributed by atoms with Gasteiger partial charge in [0.05, 0.1) is 40.6 Å². The lowest BCUT2D eigenvalue weighted by atomic mass is 10.2. The maximum Gasteiger partial charge on any atom is 0.308 e. The Hall–Kier alpha value is -1.14. The van der Waals surface area contributed by atoms with Crippen LogP contribution in [0.1, 0.15) is 19.8 Å². The van der Waals surface area contributed by atoms with Crippen molar-refractivity contribution in [1.82, 2.24) is 0 Å². The van der Waals surface area contributed by atoms with E-state index in [2.05, 4.69) is 0 Å². The summed E-state index contributed by atoms with van der Waals surface area (Å²) in [4.78, 5) is 22.2. The van der Waals surface area contributed by atoms with E-state index in [1.807, 2.05) is 28.1 Å². The quantitative estimate of drug-likeness (QED) is 0.372. The Bertz CT molecular complexity index is 272. The normalized spacial score (nSPS) is 13.1. The number of rotatable bonds is 9. The van der Waals surface area contributed by atoms with Gasteiger partial charge in [0.1, 0.15) is 6.54 Å². The highest BCUT2D eigenvalue weighted by Crippen LogP contribution is 2.06. The number of hydrogen-bond donors (Lipinski definition) is 1. The van der Waals surface area contributed by atoms with Gasteiger partial charge < -0.3 is 19.1 Å². The van der Waals surface area contributed by atoms with Crippen LogP contribution in [0, 0.1) is 0 Å². The molecule has 18 heavy (non-hydrogen) atoms. The molecule has 0 saturated carbocycles. The van der Waals surface area contributed by atoms with Crippen molar-refractivity contribution in [3.63, 3.8) is 0 Å². The van der Waals surface area contributed by atoms with Crippen LogP contribution >= 0.6 is 0 Å². The van der Waals surface area contributed by atoms with Crippen molar-refractivity contribution in [3.8, 4) is 0 Å². The van der Waals surface area contributed by atoms with E-state index in [4.69, 9.17) is 14.6 Å². The van der Waals surface area contributed by atoms with Crippen molar-refractivity contribution in [2.75, 3.05) is 40.9 Å². The predicted molar refractivity (Wildman–Crippen MR) is 66.1 cm³/mol. The standard InChI is InChI=1S/C12H23NO5/c1-5-17-7-6-12(16)18-10(8-11(14)15)9-13(2,3)4/h10H,5-9H2,1-4H3/p+1. The lowest BCUT2D eigenvalue weighted by molar-refractivity contribution is -0.873. The van der Waals surface area contributed by atoms with Gasteiger partial charge in [0, 0.05) is 6.61 Å². The Labute approximate surface area is 108 Å². The first kappa shape index (κ1) is 16.9. The fourth-order valence-electron chi connectivity index (χ4n) is 1.49. The van der Waals surface area contributed by atoms with E-state index in [0.29, 0.717) is 24.2 Å². The van der Waals surface area contributed by atoms with Crippen molar-refractivity contribution in [3.05, 3.63) is 0 Å². The van der Waals surface area contributed by atoms with E-state index < -0.39 is 18.0 Å². The molecule has 1 unspecified atom stereocenters. The minimum atomic E-state index is -0.967. The van der Waals surface area contributed by atoms with Gasteiger partial charge in [-0.05, 0) is 6.92 Å². The van der Waals surface area contributed by atoms with E-state index in [-0.39, 0.29) is 12.8 Å². The molecular formula is C12H24NO5+. The summed E-state index contributed by atoms with van der Waals surface area (Å²) in [6.45, 7) is 3.16. The molecule has 0 amide bonds. The monoisotopic (exact) mass is 262 g/mol. The summed E-state index contributed by atoms with van der Waals surface area (Å²) in [6.07, 6.45) is -0.617. The molecule has 0 aliphatic carbocycles. The summed E-state index contributed by atoms with van der Waals surface area (Å²) in [7, 11) is 5.76. The van der Waals surface area contributed by atoms with Crippen LogP contribution in [0.15, 0.2) is 0 Å². The number of nitrogens with zero attached hydrogens (tertiary/aromatic N) is 1. The smallest absolute Gasteiger partial charge is 0.308 e. The first-order valence-corrected chi connectivity index (χ1v) is 6.04. The zero-order chi connectivity index (χ0) is 14.2. The molecule has 0 heterocycles. The fourth-order valence-corrected chi connectivity index (χ4v) is 1.49. The van der Waals surface area contributed by atoms with Crippen molar-refractivity contribution >= 4 is 11.9 Å². The van der Waals surface area contributed by atoms with Crippen molar-refractivity contribution < 1.29 is 28.7 Å². The first-order chi connectivity index (χ1) is 8.24. The van der Waals surface area contributed by atoms with Crippen molar-refractivity contribution in [2.45, 2.75) is 25.9 Å². The molecule has 6 nitrogen and oxygen atoms in total.